The number of hydrogen-bond donors (Lipinski definition) is 2. The minimum Gasteiger partial charge on any atom is -0.393 e. The molecular weight excluding hydrogens is 386 g/mol. The molecule has 2 unspecified atom stereocenters. The molecule has 0 aromatic carbocycles. The normalized spacial score (nSPS) is 59.2. The number of aliphatic hydroxyl groups is 2. The summed E-state index contributed by atoms with van der Waals surface area (Å²) < 4.78 is 0. The molecule has 4 heteroatoms. The van der Waals surface area contributed by atoms with Crippen molar-refractivity contribution in [2.24, 2.45) is 52.8 Å². The number of carbonyl (C=O) groups excluding carboxylic acids is 1. The monoisotopic (exact) mass is 429 g/mol. The van der Waals surface area contributed by atoms with Crippen LogP contribution in [0.15, 0.2) is 0 Å². The Balaban J connectivity index is 1.31. The number of aliphatic hydroxyl groups excluding tert-OH is 1. The van der Waals surface area contributed by atoms with Crippen LogP contribution in [0.4, 0.5) is 0 Å². The van der Waals surface area contributed by atoms with E-state index < -0.39 is 5.60 Å². The zero-order chi connectivity index (χ0) is 21.7. The first-order valence-corrected chi connectivity index (χ1v) is 13.4. The Bertz CT molecular complexity index is 751. The van der Waals surface area contributed by atoms with Gasteiger partial charge in [0, 0.05) is 32.0 Å². The summed E-state index contributed by atoms with van der Waals surface area (Å²) in [4.78, 5) is 14.9. The highest BCUT2D eigenvalue weighted by atomic mass is 16.3. The summed E-state index contributed by atoms with van der Waals surface area (Å²) in [6, 6.07) is 0.346. The Morgan fingerprint density at radius 2 is 1.71 bits per heavy atom. The molecule has 6 fully saturated rings. The lowest BCUT2D eigenvalue weighted by Gasteiger charge is -2.59. The molecule has 4 nitrogen and oxygen atoms in total. The summed E-state index contributed by atoms with van der Waals surface area (Å²) in [5, 5.41) is 22.9. The summed E-state index contributed by atoms with van der Waals surface area (Å²) in [7, 11) is 0. The molecule has 0 bridgehead atoms. The average molecular weight is 430 g/mol. The molecule has 0 radical (unpaired) electrons. The van der Waals surface area contributed by atoms with Crippen molar-refractivity contribution in [2.45, 2.75) is 96.3 Å². The number of ketones is 1. The Morgan fingerprint density at radius 3 is 2.52 bits per heavy atom. The van der Waals surface area contributed by atoms with E-state index in [0.717, 1.165) is 38.1 Å². The SMILES string of the molecule is CC1CC[C@@H]2N(C1)C[C@H]1[C@@H]3C[C@H]4[C@@H](CC(O)[C@H]5CC(=O)CC[C@@]54C)[C@@H]3CC[C@H]1[C@]2(C)O. The molecule has 6 rings (SSSR count). The van der Waals surface area contributed by atoms with Gasteiger partial charge in [-0.05, 0) is 105 Å². The maximum atomic E-state index is 12.2. The number of rotatable bonds is 0. The molecule has 4 aliphatic carbocycles. The summed E-state index contributed by atoms with van der Waals surface area (Å²) >= 11 is 0. The lowest BCUT2D eigenvalue weighted by atomic mass is 9.51. The number of fused-ring (bicyclic) bond motifs is 8. The van der Waals surface area contributed by atoms with Gasteiger partial charge in [-0.2, -0.15) is 0 Å². The van der Waals surface area contributed by atoms with Crippen LogP contribution < -0.4 is 0 Å². The van der Waals surface area contributed by atoms with E-state index in [0.29, 0.717) is 60.2 Å². The van der Waals surface area contributed by atoms with Crippen LogP contribution in [-0.2, 0) is 4.79 Å². The molecule has 0 aromatic rings. The van der Waals surface area contributed by atoms with Crippen LogP contribution in [0.2, 0.25) is 0 Å². The fraction of sp³-hybridized carbons (Fsp3) is 0.963. The third-order valence-corrected chi connectivity index (χ3v) is 11.9. The van der Waals surface area contributed by atoms with Crippen LogP contribution in [0.25, 0.3) is 0 Å². The molecule has 174 valence electrons. The van der Waals surface area contributed by atoms with Crippen LogP contribution in [0.1, 0.15) is 78.6 Å². The standard InChI is InChI=1S/C27H43NO3/c1-15-4-7-25-27(3,31)21-6-5-17-18(20(21)14-28(25)13-15)11-22-19(17)12-24(30)23-10-16(29)8-9-26(22,23)2/h15,17-25,30-31H,4-14H2,1-3H3/t15?,17-,18-,19+,20+,21-,22+,23-,24?,25+,26-,27+/m1/s1. The topological polar surface area (TPSA) is 60.8 Å². The van der Waals surface area contributed by atoms with Gasteiger partial charge in [0.25, 0.3) is 0 Å². The summed E-state index contributed by atoms with van der Waals surface area (Å²) in [5.74, 6) is 5.00. The number of piperidine rings is 2. The van der Waals surface area contributed by atoms with E-state index >= 15 is 0 Å². The Hall–Kier alpha value is -0.450. The van der Waals surface area contributed by atoms with E-state index in [4.69, 9.17) is 0 Å². The van der Waals surface area contributed by atoms with Crippen LogP contribution in [0.5, 0.6) is 0 Å². The van der Waals surface area contributed by atoms with E-state index in [2.05, 4.69) is 25.7 Å². The second-order valence-corrected chi connectivity index (χ2v) is 13.2. The minimum absolute atomic E-state index is 0.127. The number of nitrogens with zero attached hydrogens (tertiary/aromatic N) is 1. The van der Waals surface area contributed by atoms with Gasteiger partial charge < -0.3 is 10.2 Å². The van der Waals surface area contributed by atoms with Crippen LogP contribution in [0.3, 0.4) is 0 Å². The van der Waals surface area contributed by atoms with Gasteiger partial charge in [0.05, 0.1) is 11.7 Å². The van der Waals surface area contributed by atoms with Crippen molar-refractivity contribution in [1.29, 1.82) is 0 Å². The number of carbonyl (C=O) groups is 1. The Morgan fingerprint density at radius 1 is 0.903 bits per heavy atom. The van der Waals surface area contributed by atoms with E-state index in [-0.39, 0.29) is 17.4 Å². The lowest BCUT2D eigenvalue weighted by Crippen LogP contribution is -2.67. The van der Waals surface area contributed by atoms with Crippen LogP contribution >= 0.6 is 0 Å². The van der Waals surface area contributed by atoms with Crippen molar-refractivity contribution < 1.29 is 15.0 Å². The Kier molecular flexibility index (Phi) is 4.78. The largest absolute Gasteiger partial charge is 0.393 e. The molecule has 2 saturated heterocycles. The van der Waals surface area contributed by atoms with Gasteiger partial charge in [0.2, 0.25) is 0 Å². The number of Topliss-reactive ketones (excluding diaryl/α,β-unsaturated/α-hetero) is 1. The maximum absolute atomic E-state index is 12.2. The summed E-state index contributed by atoms with van der Waals surface area (Å²) in [5.41, 5.74) is -0.437. The van der Waals surface area contributed by atoms with Crippen LogP contribution in [0, 0.1) is 52.8 Å². The van der Waals surface area contributed by atoms with E-state index in [1.165, 1.54) is 25.8 Å². The minimum atomic E-state index is -0.564. The third kappa shape index (κ3) is 2.93. The molecule has 0 amide bonds. The Labute approximate surface area is 188 Å². The molecule has 2 heterocycles. The van der Waals surface area contributed by atoms with Gasteiger partial charge in [-0.3, -0.25) is 9.69 Å². The summed E-state index contributed by atoms with van der Waals surface area (Å²) in [6.07, 6.45) is 8.98. The van der Waals surface area contributed by atoms with Crippen molar-refractivity contribution in [3.8, 4) is 0 Å². The third-order valence-electron chi connectivity index (χ3n) is 11.9. The molecule has 12 atom stereocenters. The molecular formula is C27H43NO3. The van der Waals surface area contributed by atoms with Crippen molar-refractivity contribution in [3.05, 3.63) is 0 Å². The molecule has 2 aliphatic heterocycles. The van der Waals surface area contributed by atoms with Gasteiger partial charge in [-0.1, -0.05) is 13.8 Å². The quantitative estimate of drug-likeness (QED) is 0.613. The van der Waals surface area contributed by atoms with Crippen molar-refractivity contribution >= 4 is 5.78 Å². The smallest absolute Gasteiger partial charge is 0.133 e. The fourth-order valence-electron chi connectivity index (χ4n) is 10.4. The van der Waals surface area contributed by atoms with Gasteiger partial charge in [0.15, 0.2) is 0 Å². The van der Waals surface area contributed by atoms with Crippen LogP contribution in [-0.4, -0.2) is 51.7 Å². The average Bonchev–Trinajstić information content (AvgIpc) is 3.09. The van der Waals surface area contributed by atoms with Gasteiger partial charge in [0.1, 0.15) is 5.78 Å². The first kappa shape index (κ1) is 21.1. The van der Waals surface area contributed by atoms with Crippen molar-refractivity contribution in [3.63, 3.8) is 0 Å². The second-order valence-electron chi connectivity index (χ2n) is 13.2. The molecule has 31 heavy (non-hydrogen) atoms. The highest BCUT2D eigenvalue weighted by Gasteiger charge is 2.64. The van der Waals surface area contributed by atoms with E-state index in [1.807, 2.05) is 0 Å². The first-order chi connectivity index (χ1) is 14.7. The van der Waals surface area contributed by atoms with Gasteiger partial charge >= 0.3 is 0 Å². The highest BCUT2D eigenvalue weighted by molar-refractivity contribution is 5.79. The predicted octanol–water partition coefficient (Wildman–Crippen LogP) is 3.89. The molecule has 2 N–H and O–H groups in total. The highest BCUT2D eigenvalue weighted by Crippen LogP contribution is 2.67. The fourth-order valence-corrected chi connectivity index (χ4v) is 10.4. The zero-order valence-electron chi connectivity index (χ0n) is 19.8. The first-order valence-electron chi connectivity index (χ1n) is 13.4. The number of hydrogen-bond acceptors (Lipinski definition) is 4. The molecule has 4 saturated carbocycles. The van der Waals surface area contributed by atoms with Gasteiger partial charge in [-0.25, -0.2) is 0 Å². The maximum Gasteiger partial charge on any atom is 0.133 e. The molecule has 0 aromatic heterocycles. The van der Waals surface area contributed by atoms with Gasteiger partial charge in [-0.15, -0.1) is 0 Å². The lowest BCUT2D eigenvalue weighted by molar-refractivity contribution is -0.176. The van der Waals surface area contributed by atoms with Crippen molar-refractivity contribution in [1.82, 2.24) is 4.90 Å². The predicted molar refractivity (Wildman–Crippen MR) is 120 cm³/mol. The molecule has 0 spiro atoms. The summed E-state index contributed by atoms with van der Waals surface area (Å²) in [6.45, 7) is 9.27. The van der Waals surface area contributed by atoms with Crippen molar-refractivity contribution in [2.75, 3.05) is 13.1 Å². The molecule has 6 aliphatic rings. The second kappa shape index (κ2) is 7.03. The van der Waals surface area contributed by atoms with E-state index in [9.17, 15) is 15.0 Å². The van der Waals surface area contributed by atoms with E-state index in [1.54, 1.807) is 0 Å². The zero-order valence-corrected chi connectivity index (χ0v) is 19.8.